The molecule has 0 aliphatic carbocycles. The van der Waals surface area contributed by atoms with Crippen LogP contribution in [0, 0.1) is 0 Å². The van der Waals surface area contributed by atoms with Gasteiger partial charge >= 0.3 is 6.03 Å². The molecule has 0 saturated carbocycles. The Labute approximate surface area is 150 Å². The summed E-state index contributed by atoms with van der Waals surface area (Å²) >= 11 is 0. The van der Waals surface area contributed by atoms with Crippen LogP contribution in [-0.4, -0.2) is 48.6 Å². The highest BCUT2D eigenvalue weighted by atomic mass is 16.2. The highest BCUT2D eigenvalue weighted by molar-refractivity contribution is 5.99. The number of hydrogen-bond acceptors (Lipinski definition) is 2. The van der Waals surface area contributed by atoms with Crippen LogP contribution in [0.25, 0.3) is 0 Å². The van der Waals surface area contributed by atoms with Gasteiger partial charge in [0.1, 0.15) is 0 Å². The minimum Gasteiger partial charge on any atom is -0.321 e. The maximum atomic E-state index is 13.3. The smallest absolute Gasteiger partial charge is 0.321 e. The van der Waals surface area contributed by atoms with Gasteiger partial charge in [0.2, 0.25) is 0 Å². The van der Waals surface area contributed by atoms with E-state index in [1.807, 2.05) is 70.5 Å². The third-order valence-corrected chi connectivity index (χ3v) is 4.69. The topological polar surface area (TPSA) is 26.8 Å². The van der Waals surface area contributed by atoms with Crippen molar-refractivity contribution in [1.29, 1.82) is 0 Å². The van der Waals surface area contributed by atoms with E-state index in [2.05, 4.69) is 11.8 Å². The number of para-hydroxylation sites is 2. The number of carbonyl (C=O) groups is 1. The molecule has 1 aliphatic heterocycles. The standard InChI is InChI=1S/C21H27N3O/c1-2-3-14-22-15-17-23(18-16-22)21(25)24(19-10-6-4-7-11-19)20-12-8-5-9-13-20/h4-13H,2-3,14-18H2,1H3. The third kappa shape index (κ3) is 4.40. The molecule has 0 aromatic heterocycles. The normalized spacial score (nSPS) is 15.2. The van der Waals surface area contributed by atoms with Gasteiger partial charge < -0.3 is 4.90 Å². The van der Waals surface area contributed by atoms with E-state index in [-0.39, 0.29) is 6.03 Å². The summed E-state index contributed by atoms with van der Waals surface area (Å²) in [5, 5.41) is 0. The van der Waals surface area contributed by atoms with E-state index in [4.69, 9.17) is 0 Å². The van der Waals surface area contributed by atoms with Crippen molar-refractivity contribution in [2.24, 2.45) is 0 Å². The molecule has 0 atom stereocenters. The zero-order chi connectivity index (χ0) is 17.5. The van der Waals surface area contributed by atoms with Crippen LogP contribution in [0.15, 0.2) is 60.7 Å². The Bertz CT molecular complexity index is 612. The number of piperazine rings is 1. The van der Waals surface area contributed by atoms with Crippen molar-refractivity contribution < 1.29 is 4.79 Å². The van der Waals surface area contributed by atoms with E-state index < -0.39 is 0 Å². The van der Waals surface area contributed by atoms with Crippen LogP contribution in [0.5, 0.6) is 0 Å². The second-order valence-corrected chi connectivity index (χ2v) is 6.47. The molecule has 25 heavy (non-hydrogen) atoms. The van der Waals surface area contributed by atoms with Crippen LogP contribution in [0.4, 0.5) is 16.2 Å². The minimum atomic E-state index is 0.0625. The first-order chi connectivity index (χ1) is 12.3. The number of urea groups is 1. The average Bonchev–Trinajstić information content (AvgIpc) is 2.68. The zero-order valence-electron chi connectivity index (χ0n) is 15.0. The number of anilines is 2. The van der Waals surface area contributed by atoms with Crippen molar-refractivity contribution in [2.75, 3.05) is 37.6 Å². The number of carbonyl (C=O) groups excluding carboxylic acids is 1. The predicted octanol–water partition coefficient (Wildman–Crippen LogP) is 4.36. The fourth-order valence-electron chi connectivity index (χ4n) is 3.21. The number of rotatable bonds is 5. The number of benzene rings is 2. The lowest BCUT2D eigenvalue weighted by atomic mass is 10.2. The third-order valence-electron chi connectivity index (χ3n) is 4.69. The fraction of sp³-hybridized carbons (Fsp3) is 0.381. The summed E-state index contributed by atoms with van der Waals surface area (Å²) in [7, 11) is 0. The SMILES string of the molecule is CCCCN1CCN(C(=O)N(c2ccccc2)c2ccccc2)CC1. The summed E-state index contributed by atoms with van der Waals surface area (Å²) in [6, 6.07) is 19.9. The number of hydrogen-bond donors (Lipinski definition) is 0. The molecule has 0 radical (unpaired) electrons. The van der Waals surface area contributed by atoms with Crippen LogP contribution in [-0.2, 0) is 0 Å². The second-order valence-electron chi connectivity index (χ2n) is 6.47. The van der Waals surface area contributed by atoms with Gasteiger partial charge in [-0.25, -0.2) is 4.79 Å². The molecule has 2 aromatic carbocycles. The Morgan fingerprint density at radius 2 is 1.40 bits per heavy atom. The van der Waals surface area contributed by atoms with Gasteiger partial charge in [-0.15, -0.1) is 0 Å². The first-order valence-corrected chi connectivity index (χ1v) is 9.21. The summed E-state index contributed by atoms with van der Waals surface area (Å²) in [5.41, 5.74) is 1.82. The second kappa shape index (κ2) is 8.67. The number of unbranched alkanes of at least 4 members (excludes halogenated alkanes) is 1. The van der Waals surface area contributed by atoms with E-state index in [0.29, 0.717) is 0 Å². The maximum absolute atomic E-state index is 13.3. The Hall–Kier alpha value is -2.33. The summed E-state index contributed by atoms with van der Waals surface area (Å²) in [5.74, 6) is 0. The molecule has 0 unspecified atom stereocenters. The van der Waals surface area contributed by atoms with Gasteiger partial charge in [-0.3, -0.25) is 9.80 Å². The zero-order valence-corrected chi connectivity index (χ0v) is 15.0. The van der Waals surface area contributed by atoms with Crippen LogP contribution in [0.2, 0.25) is 0 Å². The molecule has 2 amide bonds. The first kappa shape index (κ1) is 17.5. The highest BCUT2D eigenvalue weighted by Crippen LogP contribution is 2.26. The molecule has 1 fully saturated rings. The van der Waals surface area contributed by atoms with Gasteiger partial charge in [0.05, 0.1) is 11.4 Å². The van der Waals surface area contributed by atoms with Gasteiger partial charge in [0, 0.05) is 26.2 Å². The van der Waals surface area contributed by atoms with Crippen molar-refractivity contribution in [2.45, 2.75) is 19.8 Å². The lowest BCUT2D eigenvalue weighted by Crippen LogP contribution is -2.52. The van der Waals surface area contributed by atoms with Crippen molar-refractivity contribution in [3.8, 4) is 0 Å². The van der Waals surface area contributed by atoms with E-state index >= 15 is 0 Å². The molecule has 0 bridgehead atoms. The molecule has 3 rings (SSSR count). The Kier molecular flexibility index (Phi) is 6.07. The molecule has 132 valence electrons. The van der Waals surface area contributed by atoms with Crippen LogP contribution < -0.4 is 4.90 Å². The Balaban J connectivity index is 1.75. The summed E-state index contributed by atoms with van der Waals surface area (Å²) in [6.45, 7) is 6.86. The quantitative estimate of drug-likeness (QED) is 0.810. The van der Waals surface area contributed by atoms with Crippen LogP contribution >= 0.6 is 0 Å². The lowest BCUT2D eigenvalue weighted by Gasteiger charge is -2.37. The highest BCUT2D eigenvalue weighted by Gasteiger charge is 2.26. The maximum Gasteiger partial charge on any atom is 0.329 e. The van der Waals surface area contributed by atoms with Gasteiger partial charge in [-0.2, -0.15) is 0 Å². The largest absolute Gasteiger partial charge is 0.329 e. The van der Waals surface area contributed by atoms with Gasteiger partial charge in [0.15, 0.2) is 0 Å². The van der Waals surface area contributed by atoms with E-state index in [9.17, 15) is 4.79 Å². The van der Waals surface area contributed by atoms with E-state index in [1.165, 1.54) is 12.8 Å². The first-order valence-electron chi connectivity index (χ1n) is 9.21. The Morgan fingerprint density at radius 1 is 0.880 bits per heavy atom. The lowest BCUT2D eigenvalue weighted by molar-refractivity contribution is 0.143. The van der Waals surface area contributed by atoms with Gasteiger partial charge in [-0.1, -0.05) is 49.7 Å². The van der Waals surface area contributed by atoms with E-state index in [1.54, 1.807) is 0 Å². The molecule has 0 spiro atoms. The molecule has 1 aliphatic rings. The molecule has 1 saturated heterocycles. The summed E-state index contributed by atoms with van der Waals surface area (Å²) < 4.78 is 0. The van der Waals surface area contributed by atoms with Gasteiger partial charge in [0.25, 0.3) is 0 Å². The Morgan fingerprint density at radius 3 is 1.88 bits per heavy atom. The van der Waals surface area contributed by atoms with Crippen molar-refractivity contribution in [3.05, 3.63) is 60.7 Å². The molecule has 0 N–H and O–H groups in total. The van der Waals surface area contributed by atoms with Crippen molar-refractivity contribution in [3.63, 3.8) is 0 Å². The van der Waals surface area contributed by atoms with Crippen LogP contribution in [0.3, 0.4) is 0 Å². The monoisotopic (exact) mass is 337 g/mol. The molecular weight excluding hydrogens is 310 g/mol. The molecule has 4 nitrogen and oxygen atoms in total. The average molecular weight is 337 g/mol. The predicted molar refractivity (Wildman–Crippen MR) is 103 cm³/mol. The minimum absolute atomic E-state index is 0.0625. The van der Waals surface area contributed by atoms with Crippen molar-refractivity contribution in [1.82, 2.24) is 9.80 Å². The van der Waals surface area contributed by atoms with Crippen molar-refractivity contribution >= 4 is 17.4 Å². The molecular formula is C21H27N3O. The summed E-state index contributed by atoms with van der Waals surface area (Å²) in [4.78, 5) is 19.5. The number of amides is 2. The fourth-order valence-corrected chi connectivity index (χ4v) is 3.21. The van der Waals surface area contributed by atoms with Crippen LogP contribution in [0.1, 0.15) is 19.8 Å². The summed E-state index contributed by atoms with van der Waals surface area (Å²) in [6.07, 6.45) is 2.45. The van der Waals surface area contributed by atoms with E-state index in [0.717, 1.165) is 44.1 Å². The molecule has 2 aromatic rings. The molecule has 4 heteroatoms. The van der Waals surface area contributed by atoms with Gasteiger partial charge in [-0.05, 0) is 37.2 Å². The number of nitrogens with zero attached hydrogens (tertiary/aromatic N) is 3. The molecule has 1 heterocycles.